The van der Waals surface area contributed by atoms with Gasteiger partial charge in [-0.1, -0.05) is 22.4 Å². The van der Waals surface area contributed by atoms with Crippen LogP contribution in [-0.4, -0.2) is 25.3 Å². The number of halogens is 1. The van der Waals surface area contributed by atoms with Crippen molar-refractivity contribution in [2.45, 2.75) is 32.2 Å². The van der Waals surface area contributed by atoms with Crippen LogP contribution >= 0.6 is 15.9 Å². The van der Waals surface area contributed by atoms with Crippen molar-refractivity contribution < 1.29 is 8.42 Å². The third-order valence-electron chi connectivity index (χ3n) is 3.30. The van der Waals surface area contributed by atoms with Crippen molar-refractivity contribution in [2.24, 2.45) is 0 Å². The first-order chi connectivity index (χ1) is 8.90. The van der Waals surface area contributed by atoms with Gasteiger partial charge in [-0.3, -0.25) is 4.72 Å². The molecule has 0 aliphatic carbocycles. The van der Waals surface area contributed by atoms with Crippen molar-refractivity contribution in [1.29, 1.82) is 0 Å². The zero-order valence-electron chi connectivity index (χ0n) is 10.8. The summed E-state index contributed by atoms with van der Waals surface area (Å²) >= 11 is 3.29. The van der Waals surface area contributed by atoms with E-state index in [0.29, 0.717) is 17.9 Å². The Balaban J connectivity index is 2.20. The molecule has 1 saturated heterocycles. The molecule has 106 valence electrons. The smallest absolute Gasteiger partial charge is 0.301 e. The lowest BCUT2D eigenvalue weighted by Crippen LogP contribution is -2.44. The number of hydrogen-bond donors (Lipinski definition) is 2. The second-order valence-electron chi connectivity index (χ2n) is 4.79. The Morgan fingerprint density at radius 1 is 1.42 bits per heavy atom. The summed E-state index contributed by atoms with van der Waals surface area (Å²) in [5, 5.41) is 0. The zero-order chi connectivity index (χ0) is 14.0. The van der Waals surface area contributed by atoms with Crippen LogP contribution in [0.3, 0.4) is 0 Å². The third kappa shape index (κ3) is 3.40. The first kappa shape index (κ1) is 14.6. The maximum atomic E-state index is 12.4. The topological polar surface area (TPSA) is 75.4 Å². The molecule has 0 radical (unpaired) electrons. The Morgan fingerprint density at radius 2 is 2.16 bits per heavy atom. The van der Waals surface area contributed by atoms with Gasteiger partial charge in [0, 0.05) is 17.1 Å². The van der Waals surface area contributed by atoms with E-state index in [1.165, 1.54) is 4.31 Å². The molecule has 0 bridgehead atoms. The normalized spacial score (nSPS) is 21.3. The van der Waals surface area contributed by atoms with E-state index in [0.717, 1.165) is 23.7 Å². The highest BCUT2D eigenvalue weighted by atomic mass is 79.9. The monoisotopic (exact) mass is 347 g/mol. The number of nitrogens with one attached hydrogen (secondary N) is 1. The summed E-state index contributed by atoms with van der Waals surface area (Å²) in [4.78, 5) is 0. The number of rotatable bonds is 3. The molecule has 0 aromatic heterocycles. The number of benzene rings is 1. The van der Waals surface area contributed by atoms with E-state index in [1.807, 2.05) is 6.92 Å². The molecule has 1 aliphatic heterocycles. The lowest BCUT2D eigenvalue weighted by molar-refractivity contribution is 0.270. The first-order valence-corrected chi connectivity index (χ1v) is 8.48. The summed E-state index contributed by atoms with van der Waals surface area (Å²) in [5.41, 5.74) is 6.64. The zero-order valence-corrected chi connectivity index (χ0v) is 13.2. The van der Waals surface area contributed by atoms with Gasteiger partial charge in [-0.2, -0.15) is 12.7 Å². The van der Waals surface area contributed by atoms with Gasteiger partial charge in [-0.25, -0.2) is 0 Å². The number of nitrogen functional groups attached to an aromatic ring is 1. The lowest BCUT2D eigenvalue weighted by atomic mass is 10.1. The summed E-state index contributed by atoms with van der Waals surface area (Å²) in [6.07, 6.45) is 2.88. The van der Waals surface area contributed by atoms with Gasteiger partial charge in [-0.05, 0) is 38.0 Å². The second kappa shape index (κ2) is 5.68. The van der Waals surface area contributed by atoms with Gasteiger partial charge in [0.1, 0.15) is 0 Å². The van der Waals surface area contributed by atoms with E-state index in [9.17, 15) is 8.42 Å². The lowest BCUT2D eigenvalue weighted by Gasteiger charge is -2.32. The van der Waals surface area contributed by atoms with Crippen LogP contribution in [0.15, 0.2) is 22.7 Å². The highest BCUT2D eigenvalue weighted by Gasteiger charge is 2.29. The fourth-order valence-corrected chi connectivity index (χ4v) is 4.16. The molecule has 0 amide bonds. The van der Waals surface area contributed by atoms with Gasteiger partial charge >= 0.3 is 10.2 Å². The maximum Gasteiger partial charge on any atom is 0.301 e. The predicted octanol–water partition coefficient (Wildman–Crippen LogP) is 2.56. The van der Waals surface area contributed by atoms with Crippen molar-refractivity contribution in [3.63, 3.8) is 0 Å². The molecule has 3 N–H and O–H groups in total. The van der Waals surface area contributed by atoms with E-state index in [-0.39, 0.29) is 6.04 Å². The van der Waals surface area contributed by atoms with Gasteiger partial charge in [0.25, 0.3) is 0 Å². The molecule has 0 saturated carbocycles. The van der Waals surface area contributed by atoms with Crippen molar-refractivity contribution >= 4 is 37.5 Å². The van der Waals surface area contributed by atoms with Crippen LogP contribution in [-0.2, 0) is 10.2 Å². The van der Waals surface area contributed by atoms with Crippen LogP contribution in [0.25, 0.3) is 0 Å². The Morgan fingerprint density at radius 3 is 2.79 bits per heavy atom. The molecular formula is C12H18BrN3O2S. The Hall–Kier alpha value is -0.790. The molecule has 1 aromatic carbocycles. The molecule has 5 nitrogen and oxygen atoms in total. The van der Waals surface area contributed by atoms with Crippen molar-refractivity contribution in [3.05, 3.63) is 22.7 Å². The molecule has 19 heavy (non-hydrogen) atoms. The van der Waals surface area contributed by atoms with Crippen LogP contribution in [0.5, 0.6) is 0 Å². The van der Waals surface area contributed by atoms with Crippen LogP contribution in [0, 0.1) is 0 Å². The Bertz CT molecular complexity index is 562. The predicted molar refractivity (Wildman–Crippen MR) is 81.1 cm³/mol. The van der Waals surface area contributed by atoms with E-state index >= 15 is 0 Å². The molecule has 2 rings (SSSR count). The summed E-state index contributed by atoms with van der Waals surface area (Å²) in [6, 6.07) is 5.12. The summed E-state index contributed by atoms with van der Waals surface area (Å²) in [5.74, 6) is 0. The van der Waals surface area contributed by atoms with Crippen LogP contribution in [0.2, 0.25) is 0 Å². The van der Waals surface area contributed by atoms with E-state index in [2.05, 4.69) is 20.7 Å². The fraction of sp³-hybridized carbons (Fsp3) is 0.500. The first-order valence-electron chi connectivity index (χ1n) is 6.25. The van der Waals surface area contributed by atoms with Crippen molar-refractivity contribution in [3.8, 4) is 0 Å². The third-order valence-corrected chi connectivity index (χ3v) is 5.43. The van der Waals surface area contributed by atoms with E-state index in [4.69, 9.17) is 5.73 Å². The standard InChI is InChI=1S/C12H18BrN3O2S/c1-9-4-2-3-7-16(9)19(17,18)15-12-6-5-10(13)8-11(12)14/h5-6,8-9,15H,2-4,7,14H2,1H3. The SMILES string of the molecule is CC1CCCCN1S(=O)(=O)Nc1ccc(Br)cc1N. The fourth-order valence-electron chi connectivity index (χ4n) is 2.25. The van der Waals surface area contributed by atoms with Gasteiger partial charge < -0.3 is 5.73 Å². The average Bonchev–Trinajstić information content (AvgIpc) is 2.33. The Labute approximate surface area is 122 Å². The molecule has 1 fully saturated rings. The van der Waals surface area contributed by atoms with Gasteiger partial charge in [0.15, 0.2) is 0 Å². The second-order valence-corrected chi connectivity index (χ2v) is 7.33. The summed E-state index contributed by atoms with van der Waals surface area (Å²) < 4.78 is 29.6. The minimum Gasteiger partial charge on any atom is -0.397 e. The quantitative estimate of drug-likeness (QED) is 0.825. The highest BCUT2D eigenvalue weighted by Crippen LogP contribution is 2.26. The van der Waals surface area contributed by atoms with Gasteiger partial charge in [0.2, 0.25) is 0 Å². The van der Waals surface area contributed by atoms with Crippen LogP contribution < -0.4 is 10.5 Å². The van der Waals surface area contributed by atoms with E-state index < -0.39 is 10.2 Å². The van der Waals surface area contributed by atoms with Gasteiger partial charge in [0.05, 0.1) is 11.4 Å². The number of hydrogen-bond acceptors (Lipinski definition) is 3. The largest absolute Gasteiger partial charge is 0.397 e. The van der Waals surface area contributed by atoms with Crippen LogP contribution in [0.4, 0.5) is 11.4 Å². The molecule has 1 aromatic rings. The molecule has 1 aliphatic rings. The average molecular weight is 348 g/mol. The van der Waals surface area contributed by atoms with Gasteiger partial charge in [-0.15, -0.1) is 0 Å². The van der Waals surface area contributed by atoms with Crippen LogP contribution in [0.1, 0.15) is 26.2 Å². The number of nitrogens with two attached hydrogens (primary N) is 1. The van der Waals surface area contributed by atoms with Crippen molar-refractivity contribution in [2.75, 3.05) is 17.0 Å². The molecule has 1 unspecified atom stereocenters. The minimum atomic E-state index is -3.53. The summed E-state index contributed by atoms with van der Waals surface area (Å²) in [6.45, 7) is 2.50. The number of piperidine rings is 1. The van der Waals surface area contributed by atoms with Crippen molar-refractivity contribution in [1.82, 2.24) is 4.31 Å². The summed E-state index contributed by atoms with van der Waals surface area (Å²) in [7, 11) is -3.53. The molecular weight excluding hydrogens is 330 g/mol. The number of anilines is 2. The molecule has 1 atom stereocenters. The maximum absolute atomic E-state index is 12.4. The minimum absolute atomic E-state index is 0.0305. The number of nitrogens with zero attached hydrogens (tertiary/aromatic N) is 1. The molecule has 7 heteroatoms. The highest BCUT2D eigenvalue weighted by molar-refractivity contribution is 9.10. The molecule has 0 spiro atoms. The van der Waals surface area contributed by atoms with E-state index in [1.54, 1.807) is 18.2 Å². The molecule has 1 heterocycles. The Kier molecular flexibility index (Phi) is 4.37.